The van der Waals surface area contributed by atoms with Gasteiger partial charge in [0.1, 0.15) is 21.0 Å². The van der Waals surface area contributed by atoms with Crippen molar-refractivity contribution >= 4 is 32.9 Å². The van der Waals surface area contributed by atoms with Crippen molar-refractivity contribution in [1.82, 2.24) is 0 Å². The minimum Gasteiger partial charge on any atom is -0.481 e. The molecule has 0 aromatic rings. The first-order valence-corrected chi connectivity index (χ1v) is 4.51. The van der Waals surface area contributed by atoms with E-state index in [1.54, 1.807) is 0 Å². The smallest absolute Gasteiger partial charge is 0.303 e. The van der Waals surface area contributed by atoms with E-state index in [1.807, 2.05) is 0 Å². The minimum absolute atomic E-state index is 0.296. The van der Waals surface area contributed by atoms with Gasteiger partial charge in [0.05, 0.1) is 12.8 Å². The van der Waals surface area contributed by atoms with E-state index in [-0.39, 0.29) is 12.8 Å². The fourth-order valence-electron chi connectivity index (χ4n) is 0.214. The molecule has 0 saturated heterocycles. The van der Waals surface area contributed by atoms with Gasteiger partial charge in [-0.2, -0.15) is 0 Å². The Morgan fingerprint density at radius 3 is 1.36 bits per heavy atom. The quantitative estimate of drug-likeness (QED) is 0.488. The molecule has 11 heavy (non-hydrogen) atoms. The van der Waals surface area contributed by atoms with Crippen molar-refractivity contribution in [2.75, 3.05) is 0 Å². The zero-order chi connectivity index (χ0) is 9.28. The largest absolute Gasteiger partial charge is 0.481 e. The third-order valence-corrected chi connectivity index (χ3v) is 0.553. The fourth-order valence-corrected chi connectivity index (χ4v) is 0.214. The first kappa shape index (κ1) is 13.0. The van der Waals surface area contributed by atoms with Crippen LogP contribution in [0.25, 0.3) is 0 Å². The Kier molecular flexibility index (Phi) is 11.0. The maximum Gasteiger partial charge on any atom is 0.303 e. The van der Waals surface area contributed by atoms with E-state index >= 15 is 0 Å². The van der Waals surface area contributed by atoms with Crippen molar-refractivity contribution in [3.05, 3.63) is 0 Å². The summed E-state index contributed by atoms with van der Waals surface area (Å²) in [4.78, 5) is 19.3. The summed E-state index contributed by atoms with van der Waals surface area (Å²) in [6.45, 7) is 0. The number of carboxylic acid groups (broad SMARTS) is 2. The lowest BCUT2D eigenvalue weighted by atomic mass is 10.3. The van der Waals surface area contributed by atoms with E-state index in [2.05, 4.69) is 4.12 Å². The molecule has 0 aliphatic rings. The molecule has 7 heteroatoms. The predicted octanol–water partition coefficient (Wildman–Crippen LogP) is -2.50. The minimum atomic E-state index is -1.08. The van der Waals surface area contributed by atoms with Gasteiger partial charge in [0.25, 0.3) is 0 Å². The van der Waals surface area contributed by atoms with E-state index in [4.69, 9.17) is 10.2 Å². The van der Waals surface area contributed by atoms with Gasteiger partial charge in [-0.25, -0.2) is 0 Å². The summed E-state index contributed by atoms with van der Waals surface area (Å²) < 4.78 is 4.53. The Bertz CT molecular complexity index is 112. The highest BCUT2D eigenvalue weighted by atomic mass is 28.3. The molecule has 0 aliphatic heterocycles. The van der Waals surface area contributed by atoms with E-state index in [1.165, 1.54) is 0 Å². The third kappa shape index (κ3) is 26.7. The second-order valence-corrected chi connectivity index (χ2v) is 4.96. The lowest BCUT2D eigenvalue weighted by Crippen LogP contribution is -2.00. The maximum absolute atomic E-state index is 9.64. The first-order chi connectivity index (χ1) is 5.04. The Hall–Kier alpha value is -0.666. The molecule has 0 spiro atoms. The van der Waals surface area contributed by atoms with Gasteiger partial charge < -0.3 is 14.3 Å². The van der Waals surface area contributed by atoms with Gasteiger partial charge in [0, 0.05) is 0 Å². The van der Waals surface area contributed by atoms with Gasteiger partial charge in [-0.05, 0) is 0 Å². The average molecular weight is 196 g/mol. The number of aliphatic carboxylic acids is 2. The van der Waals surface area contributed by atoms with Crippen LogP contribution in [0.2, 0.25) is 0 Å². The van der Waals surface area contributed by atoms with Gasteiger partial charge in [0.2, 0.25) is 0 Å². The topological polar surface area (TPSA) is 83.8 Å². The average Bonchev–Trinajstić information content (AvgIpc) is 1.85. The highest BCUT2D eigenvalue weighted by Crippen LogP contribution is 1.85. The van der Waals surface area contributed by atoms with E-state index in [9.17, 15) is 9.59 Å². The molecule has 0 radical (unpaired) electrons. The van der Waals surface area contributed by atoms with Crippen LogP contribution in [0.5, 0.6) is 0 Å². The maximum atomic E-state index is 9.64. The van der Waals surface area contributed by atoms with Crippen molar-refractivity contribution in [2.45, 2.75) is 12.8 Å². The molecular weight excluding hydrogens is 184 g/mol. The molecule has 0 unspecified atom stereocenters. The Labute approximate surface area is 70.5 Å². The van der Waals surface area contributed by atoms with Crippen LogP contribution in [0, 0.1) is 0 Å². The van der Waals surface area contributed by atoms with Crippen LogP contribution < -0.4 is 0 Å². The molecule has 0 fully saturated rings. The van der Waals surface area contributed by atoms with Crippen molar-refractivity contribution in [1.29, 1.82) is 0 Å². The van der Waals surface area contributed by atoms with Gasteiger partial charge in [0.15, 0.2) is 0 Å². The number of carboxylic acids is 2. The molecule has 0 bridgehead atoms. The lowest BCUT2D eigenvalue weighted by Gasteiger charge is -1.85. The first-order valence-electron chi connectivity index (χ1n) is 2.88. The number of hydrogen-bond acceptors (Lipinski definition) is 3. The zero-order valence-corrected chi connectivity index (χ0v) is 10.5. The lowest BCUT2D eigenvalue weighted by molar-refractivity contribution is -0.143. The molecular formula is C4H12O5Si2. The predicted molar refractivity (Wildman–Crippen MR) is 45.5 cm³/mol. The Morgan fingerprint density at radius 2 is 1.27 bits per heavy atom. The summed E-state index contributed by atoms with van der Waals surface area (Å²) in [6, 6.07) is 0. The summed E-state index contributed by atoms with van der Waals surface area (Å²) in [7, 11) is 1.86. The monoisotopic (exact) mass is 196 g/mol. The molecule has 0 aromatic carbocycles. The summed E-state index contributed by atoms with van der Waals surface area (Å²) in [6.07, 6.45) is -0.593. The number of rotatable bonds is 3. The van der Waals surface area contributed by atoms with E-state index in [0.29, 0.717) is 0 Å². The molecule has 0 amide bonds. The molecule has 0 aromatic heterocycles. The molecule has 0 atom stereocenters. The molecule has 66 valence electrons. The third-order valence-electron chi connectivity index (χ3n) is 0.553. The summed E-state index contributed by atoms with van der Waals surface area (Å²) in [5.74, 6) is -2.15. The van der Waals surface area contributed by atoms with Gasteiger partial charge in [-0.15, -0.1) is 0 Å². The second-order valence-electron chi connectivity index (χ2n) is 1.70. The SMILES string of the molecule is O=C(O)CCC(=O)O.[SiH3]O[SiH3]. The highest BCUT2D eigenvalue weighted by molar-refractivity contribution is 6.15. The standard InChI is InChI=1S/C4H6O4.H6OSi2/c5-3(6)1-2-4(7)8;2-1-3/h1-2H2,(H,5,6)(H,7,8);2-3H3. The number of hydrogen-bond donors (Lipinski definition) is 2. The molecule has 2 N–H and O–H groups in total. The second kappa shape index (κ2) is 9.33. The molecule has 5 nitrogen and oxygen atoms in total. The fraction of sp³-hybridized carbons (Fsp3) is 0.500. The van der Waals surface area contributed by atoms with Crippen molar-refractivity contribution in [3.63, 3.8) is 0 Å². The van der Waals surface area contributed by atoms with Crippen LogP contribution in [-0.4, -0.2) is 43.1 Å². The van der Waals surface area contributed by atoms with Crippen LogP contribution in [0.4, 0.5) is 0 Å². The van der Waals surface area contributed by atoms with Gasteiger partial charge >= 0.3 is 11.9 Å². The molecule has 0 heterocycles. The normalized spacial score (nSPS) is 8.36. The molecule has 0 saturated carbocycles. The highest BCUT2D eigenvalue weighted by Gasteiger charge is 2.00. The van der Waals surface area contributed by atoms with Crippen LogP contribution in [0.15, 0.2) is 0 Å². The van der Waals surface area contributed by atoms with E-state index in [0.717, 1.165) is 21.0 Å². The molecule has 0 rings (SSSR count). The van der Waals surface area contributed by atoms with Gasteiger partial charge in [-0.1, -0.05) is 0 Å². The van der Waals surface area contributed by atoms with Crippen LogP contribution >= 0.6 is 0 Å². The Balaban J connectivity index is 0. The van der Waals surface area contributed by atoms with Gasteiger partial charge in [-0.3, -0.25) is 9.59 Å². The zero-order valence-electron chi connectivity index (χ0n) is 6.53. The summed E-state index contributed by atoms with van der Waals surface area (Å²) in [5.41, 5.74) is 0. The van der Waals surface area contributed by atoms with Crippen molar-refractivity contribution in [2.24, 2.45) is 0 Å². The van der Waals surface area contributed by atoms with Crippen LogP contribution in [0.1, 0.15) is 12.8 Å². The Morgan fingerprint density at radius 1 is 1.09 bits per heavy atom. The summed E-state index contributed by atoms with van der Waals surface area (Å²) >= 11 is 0. The van der Waals surface area contributed by atoms with E-state index < -0.39 is 11.9 Å². The van der Waals surface area contributed by atoms with Crippen LogP contribution in [0.3, 0.4) is 0 Å². The molecule has 0 aliphatic carbocycles. The van der Waals surface area contributed by atoms with Crippen molar-refractivity contribution < 1.29 is 23.9 Å². The number of carbonyl (C=O) groups is 2. The van der Waals surface area contributed by atoms with Crippen LogP contribution in [-0.2, 0) is 13.7 Å². The summed E-state index contributed by atoms with van der Waals surface area (Å²) in [5, 5.41) is 15.8. The van der Waals surface area contributed by atoms with Crippen molar-refractivity contribution in [3.8, 4) is 0 Å².